The van der Waals surface area contributed by atoms with Gasteiger partial charge in [-0.1, -0.05) is 36.4 Å². The number of aryl methyl sites for hydroxylation is 2. The summed E-state index contributed by atoms with van der Waals surface area (Å²) in [4.78, 5) is 9.26. The number of hydrogen-bond donors (Lipinski definition) is 0. The Bertz CT molecular complexity index is 1070. The molecule has 1 aromatic heterocycles. The van der Waals surface area contributed by atoms with E-state index in [2.05, 4.69) is 30.4 Å². The highest BCUT2D eigenvalue weighted by Gasteiger charge is 2.10. The van der Waals surface area contributed by atoms with Gasteiger partial charge >= 0.3 is 0 Å². The van der Waals surface area contributed by atoms with E-state index in [9.17, 15) is 0 Å². The van der Waals surface area contributed by atoms with E-state index in [4.69, 9.17) is 0 Å². The number of azo groups is 2. The van der Waals surface area contributed by atoms with E-state index in [1.54, 1.807) is 0 Å². The van der Waals surface area contributed by atoms with Crippen LogP contribution in [0.3, 0.4) is 0 Å². The van der Waals surface area contributed by atoms with E-state index in [1.807, 2.05) is 86.6 Å². The predicted molar refractivity (Wildman–Crippen MR) is 110 cm³/mol. The van der Waals surface area contributed by atoms with Crippen molar-refractivity contribution in [3.63, 3.8) is 0 Å². The fourth-order valence-corrected chi connectivity index (χ4v) is 2.63. The van der Waals surface area contributed by atoms with Crippen molar-refractivity contribution in [3.05, 3.63) is 83.9 Å². The Hall–Kier alpha value is -3.80. The van der Waals surface area contributed by atoms with Crippen molar-refractivity contribution < 1.29 is 0 Å². The van der Waals surface area contributed by atoms with Crippen LogP contribution in [-0.2, 0) is 0 Å². The molecule has 0 saturated heterocycles. The molecule has 0 aliphatic carbocycles. The molecule has 0 bridgehead atoms. The molecule has 0 N–H and O–H groups in total. The molecule has 6 nitrogen and oxygen atoms in total. The SMILES string of the molecule is Cc1cc2nc(N=Nc3ccccc3)c(N=Nc3ccccc3)nc2cc1C. The zero-order valence-electron chi connectivity index (χ0n) is 15.6. The predicted octanol–water partition coefficient (Wildman–Crippen LogP) is 7.08. The highest BCUT2D eigenvalue weighted by Crippen LogP contribution is 2.30. The minimum atomic E-state index is 0.333. The number of fused-ring (bicyclic) bond motifs is 1. The van der Waals surface area contributed by atoms with Gasteiger partial charge in [-0.2, -0.15) is 0 Å². The first-order chi connectivity index (χ1) is 13.7. The van der Waals surface area contributed by atoms with Crippen LogP contribution in [-0.4, -0.2) is 9.97 Å². The Labute approximate surface area is 162 Å². The summed E-state index contributed by atoms with van der Waals surface area (Å²) >= 11 is 0. The fraction of sp³-hybridized carbons (Fsp3) is 0.0909. The molecule has 0 spiro atoms. The number of hydrogen-bond acceptors (Lipinski definition) is 6. The summed E-state index contributed by atoms with van der Waals surface area (Å²) in [7, 11) is 0. The molecule has 1 heterocycles. The standard InChI is InChI=1S/C22H18N6/c1-15-13-19-20(14-16(15)2)24-22(28-26-18-11-7-4-8-12-18)21(23-19)27-25-17-9-5-3-6-10-17/h3-14H,1-2H3. The van der Waals surface area contributed by atoms with E-state index in [0.717, 1.165) is 33.5 Å². The zero-order chi connectivity index (χ0) is 19.3. The van der Waals surface area contributed by atoms with Crippen LogP contribution in [0.1, 0.15) is 11.1 Å². The topological polar surface area (TPSA) is 75.2 Å². The second-order valence-corrected chi connectivity index (χ2v) is 6.37. The first-order valence-electron chi connectivity index (χ1n) is 8.91. The summed E-state index contributed by atoms with van der Waals surface area (Å²) in [6.45, 7) is 4.09. The zero-order valence-corrected chi connectivity index (χ0v) is 15.6. The monoisotopic (exact) mass is 366 g/mol. The van der Waals surface area contributed by atoms with Gasteiger partial charge in [0.05, 0.1) is 22.4 Å². The lowest BCUT2D eigenvalue weighted by atomic mass is 10.1. The van der Waals surface area contributed by atoms with Crippen LogP contribution in [0.15, 0.2) is 93.3 Å². The quantitative estimate of drug-likeness (QED) is 0.362. The summed E-state index contributed by atoms with van der Waals surface area (Å²) in [6.07, 6.45) is 0. The van der Waals surface area contributed by atoms with Gasteiger partial charge in [0.25, 0.3) is 0 Å². The Morgan fingerprint density at radius 3 is 1.32 bits per heavy atom. The Balaban J connectivity index is 1.81. The molecule has 136 valence electrons. The average molecular weight is 366 g/mol. The number of nitrogens with zero attached hydrogens (tertiary/aromatic N) is 6. The molecule has 0 saturated carbocycles. The number of rotatable bonds is 4. The third kappa shape index (κ3) is 3.96. The lowest BCUT2D eigenvalue weighted by molar-refractivity contribution is 1.09. The van der Waals surface area contributed by atoms with Gasteiger partial charge in [-0.25, -0.2) is 9.97 Å². The smallest absolute Gasteiger partial charge is 0.222 e. The molecule has 0 atom stereocenters. The normalized spacial score (nSPS) is 11.6. The van der Waals surface area contributed by atoms with Gasteiger partial charge < -0.3 is 0 Å². The van der Waals surface area contributed by atoms with Crippen molar-refractivity contribution in [1.29, 1.82) is 0 Å². The van der Waals surface area contributed by atoms with Crippen molar-refractivity contribution in [2.45, 2.75) is 13.8 Å². The third-order valence-corrected chi connectivity index (χ3v) is 4.28. The van der Waals surface area contributed by atoms with Gasteiger partial charge in [0.1, 0.15) is 0 Å². The lowest BCUT2D eigenvalue weighted by Crippen LogP contribution is -1.89. The second kappa shape index (κ2) is 7.84. The van der Waals surface area contributed by atoms with Gasteiger partial charge in [-0.05, 0) is 61.4 Å². The summed E-state index contributed by atoms with van der Waals surface area (Å²) in [5, 5.41) is 17.1. The molecule has 0 aliphatic heterocycles. The van der Waals surface area contributed by atoms with Gasteiger partial charge in [0.2, 0.25) is 11.6 Å². The van der Waals surface area contributed by atoms with Crippen molar-refractivity contribution in [2.24, 2.45) is 20.5 Å². The average Bonchev–Trinajstić information content (AvgIpc) is 2.73. The summed E-state index contributed by atoms with van der Waals surface area (Å²) in [5.74, 6) is 0.665. The van der Waals surface area contributed by atoms with E-state index < -0.39 is 0 Å². The van der Waals surface area contributed by atoms with Crippen LogP contribution >= 0.6 is 0 Å². The number of aromatic nitrogens is 2. The lowest BCUT2D eigenvalue weighted by Gasteiger charge is -2.05. The molecule has 0 aliphatic rings. The summed E-state index contributed by atoms with van der Waals surface area (Å²) in [6, 6.07) is 23.0. The highest BCUT2D eigenvalue weighted by molar-refractivity contribution is 5.80. The van der Waals surface area contributed by atoms with E-state index in [1.165, 1.54) is 0 Å². The van der Waals surface area contributed by atoms with Gasteiger partial charge in [0, 0.05) is 0 Å². The second-order valence-electron chi connectivity index (χ2n) is 6.37. The maximum atomic E-state index is 4.63. The van der Waals surface area contributed by atoms with Crippen molar-refractivity contribution >= 4 is 34.0 Å². The van der Waals surface area contributed by atoms with Crippen LogP contribution in [0.25, 0.3) is 11.0 Å². The van der Waals surface area contributed by atoms with Gasteiger partial charge in [-0.15, -0.1) is 20.5 Å². The van der Waals surface area contributed by atoms with E-state index >= 15 is 0 Å². The van der Waals surface area contributed by atoms with Crippen LogP contribution in [0.5, 0.6) is 0 Å². The van der Waals surface area contributed by atoms with Gasteiger partial charge in [0.15, 0.2) is 0 Å². The maximum absolute atomic E-state index is 4.63. The van der Waals surface area contributed by atoms with E-state index in [-0.39, 0.29) is 0 Å². The Kier molecular flexibility index (Phi) is 4.93. The minimum absolute atomic E-state index is 0.333. The first kappa shape index (κ1) is 17.6. The minimum Gasteiger partial charge on any atom is -0.222 e. The molecule has 0 fully saturated rings. The van der Waals surface area contributed by atoms with Crippen molar-refractivity contribution in [1.82, 2.24) is 9.97 Å². The van der Waals surface area contributed by atoms with Crippen LogP contribution in [0.2, 0.25) is 0 Å². The molecule has 3 aromatic carbocycles. The summed E-state index contributed by atoms with van der Waals surface area (Å²) in [5.41, 5.74) is 5.26. The maximum Gasteiger partial charge on any atom is 0.222 e. The van der Waals surface area contributed by atoms with Crippen molar-refractivity contribution in [3.8, 4) is 0 Å². The van der Waals surface area contributed by atoms with Crippen LogP contribution < -0.4 is 0 Å². The third-order valence-electron chi connectivity index (χ3n) is 4.28. The fourth-order valence-electron chi connectivity index (χ4n) is 2.63. The summed E-state index contributed by atoms with van der Waals surface area (Å²) < 4.78 is 0. The molecule has 0 radical (unpaired) electrons. The first-order valence-corrected chi connectivity index (χ1v) is 8.91. The largest absolute Gasteiger partial charge is 0.222 e. The molecule has 6 heteroatoms. The number of benzene rings is 3. The molecule has 28 heavy (non-hydrogen) atoms. The van der Waals surface area contributed by atoms with E-state index in [0.29, 0.717) is 11.6 Å². The molecular weight excluding hydrogens is 348 g/mol. The molecule has 4 aromatic rings. The molecule has 0 amide bonds. The van der Waals surface area contributed by atoms with Crippen LogP contribution in [0.4, 0.5) is 23.0 Å². The Morgan fingerprint density at radius 2 is 0.929 bits per heavy atom. The molecule has 0 unspecified atom stereocenters. The van der Waals surface area contributed by atoms with Crippen molar-refractivity contribution in [2.75, 3.05) is 0 Å². The molecular formula is C22H18N6. The Morgan fingerprint density at radius 1 is 0.536 bits per heavy atom. The molecule has 4 rings (SSSR count). The van der Waals surface area contributed by atoms with Crippen LogP contribution in [0, 0.1) is 13.8 Å². The van der Waals surface area contributed by atoms with Gasteiger partial charge in [-0.3, -0.25) is 0 Å². The highest BCUT2D eigenvalue weighted by atomic mass is 15.2.